The van der Waals surface area contributed by atoms with Gasteiger partial charge in [0.05, 0.1) is 0 Å². The highest BCUT2D eigenvalue weighted by Gasteiger charge is 2.25. The number of carbonyl (C=O) groups excluding carboxylic acids is 1. The van der Waals surface area contributed by atoms with Crippen molar-refractivity contribution in [3.05, 3.63) is 69.4 Å². The van der Waals surface area contributed by atoms with E-state index in [1.54, 1.807) is 11.8 Å². The van der Waals surface area contributed by atoms with E-state index in [9.17, 15) is 9.59 Å². The smallest absolute Gasteiger partial charge is 0.349 e. The number of likely N-dealkylation sites (tertiary alicyclic amines) is 1. The fraction of sp³-hybridized carbons (Fsp3) is 0.391. The SMILES string of the molecule is Cc1cc(CCc2c[nH]c3ccccc23)oc(=O)c1C(=O)N1CCCCC(N)C1. The average Bonchev–Trinajstić information content (AvgIpc) is 2.98. The number of nitrogens with one attached hydrogen (secondary N) is 1. The minimum atomic E-state index is -0.554. The highest BCUT2D eigenvalue weighted by molar-refractivity contribution is 5.95. The van der Waals surface area contributed by atoms with Crippen LogP contribution in [0.1, 0.15) is 46.5 Å². The van der Waals surface area contributed by atoms with Gasteiger partial charge in [0, 0.05) is 42.7 Å². The first-order valence-electron chi connectivity index (χ1n) is 10.3. The fourth-order valence-corrected chi connectivity index (χ4v) is 4.17. The normalized spacial score (nSPS) is 17.4. The van der Waals surface area contributed by atoms with Gasteiger partial charge >= 0.3 is 5.63 Å². The molecule has 6 heteroatoms. The van der Waals surface area contributed by atoms with Gasteiger partial charge in [0.25, 0.3) is 5.91 Å². The van der Waals surface area contributed by atoms with Gasteiger partial charge in [-0.25, -0.2) is 4.79 Å². The molecule has 4 rings (SSSR count). The third kappa shape index (κ3) is 4.12. The van der Waals surface area contributed by atoms with Gasteiger partial charge in [0.2, 0.25) is 0 Å². The zero-order valence-corrected chi connectivity index (χ0v) is 16.7. The van der Waals surface area contributed by atoms with Gasteiger partial charge in [-0.05, 0) is 49.4 Å². The molecule has 0 radical (unpaired) electrons. The molecule has 6 nitrogen and oxygen atoms in total. The molecule has 1 atom stereocenters. The molecule has 3 N–H and O–H groups in total. The summed E-state index contributed by atoms with van der Waals surface area (Å²) in [4.78, 5) is 30.5. The Labute approximate surface area is 169 Å². The molecular weight excluding hydrogens is 366 g/mol. The topological polar surface area (TPSA) is 92.3 Å². The number of hydrogen-bond donors (Lipinski definition) is 2. The van der Waals surface area contributed by atoms with Gasteiger partial charge in [-0.1, -0.05) is 24.6 Å². The molecule has 1 aliphatic rings. The summed E-state index contributed by atoms with van der Waals surface area (Å²) in [6, 6.07) is 9.91. The van der Waals surface area contributed by atoms with E-state index in [0.29, 0.717) is 30.8 Å². The van der Waals surface area contributed by atoms with Crippen LogP contribution in [0.2, 0.25) is 0 Å². The van der Waals surface area contributed by atoms with Crippen LogP contribution in [0, 0.1) is 6.92 Å². The Hall–Kier alpha value is -2.86. The average molecular weight is 393 g/mol. The van der Waals surface area contributed by atoms with Gasteiger partial charge in [-0.15, -0.1) is 0 Å². The summed E-state index contributed by atoms with van der Waals surface area (Å²) < 4.78 is 5.53. The van der Waals surface area contributed by atoms with Crippen molar-refractivity contribution in [3.63, 3.8) is 0 Å². The number of aryl methyl sites for hydroxylation is 3. The Kier molecular flexibility index (Phi) is 5.53. The summed E-state index contributed by atoms with van der Waals surface area (Å²) in [5.41, 5.74) is 8.59. The zero-order chi connectivity index (χ0) is 20.4. The lowest BCUT2D eigenvalue weighted by Crippen LogP contribution is -2.41. The van der Waals surface area contributed by atoms with Gasteiger partial charge < -0.3 is 20.0 Å². The molecule has 0 bridgehead atoms. The van der Waals surface area contributed by atoms with Crippen LogP contribution in [0.15, 0.2) is 45.7 Å². The first-order chi connectivity index (χ1) is 14.0. The van der Waals surface area contributed by atoms with Crippen molar-refractivity contribution >= 4 is 16.8 Å². The van der Waals surface area contributed by atoms with Crippen molar-refractivity contribution in [1.82, 2.24) is 9.88 Å². The van der Waals surface area contributed by atoms with Crippen molar-refractivity contribution in [2.45, 2.75) is 45.1 Å². The number of para-hydroxylation sites is 1. The lowest BCUT2D eigenvalue weighted by Gasteiger charge is -2.23. The second-order valence-corrected chi connectivity index (χ2v) is 7.92. The molecule has 1 amide bonds. The maximum Gasteiger partial charge on any atom is 0.349 e. The second kappa shape index (κ2) is 8.25. The molecule has 2 aromatic heterocycles. The monoisotopic (exact) mass is 393 g/mol. The number of rotatable bonds is 4. The number of aromatic nitrogens is 1. The molecule has 1 aromatic carbocycles. The number of amides is 1. The molecule has 29 heavy (non-hydrogen) atoms. The van der Waals surface area contributed by atoms with E-state index in [-0.39, 0.29) is 17.5 Å². The standard InChI is InChI=1S/C23H27N3O3/c1-15-12-18(10-9-16-13-25-20-8-3-2-7-19(16)20)29-23(28)21(15)22(27)26-11-5-4-6-17(24)14-26/h2-3,7-8,12-13,17,25H,4-6,9-11,14,24H2,1H3. The molecule has 1 saturated heterocycles. The first kappa shape index (κ1) is 19.5. The van der Waals surface area contributed by atoms with E-state index in [1.165, 1.54) is 10.9 Å². The molecule has 0 aliphatic carbocycles. The highest BCUT2D eigenvalue weighted by atomic mass is 16.4. The van der Waals surface area contributed by atoms with Crippen LogP contribution in [-0.2, 0) is 12.8 Å². The summed E-state index contributed by atoms with van der Waals surface area (Å²) in [6.07, 6.45) is 6.17. The third-order valence-electron chi connectivity index (χ3n) is 5.72. The molecule has 0 spiro atoms. The van der Waals surface area contributed by atoms with E-state index >= 15 is 0 Å². The van der Waals surface area contributed by atoms with Crippen molar-refractivity contribution in [1.29, 1.82) is 0 Å². The molecule has 3 heterocycles. The van der Waals surface area contributed by atoms with Gasteiger partial charge in [-0.2, -0.15) is 0 Å². The number of carbonyl (C=O) groups is 1. The Morgan fingerprint density at radius 2 is 2.10 bits per heavy atom. The van der Waals surface area contributed by atoms with Gasteiger partial charge in [-0.3, -0.25) is 4.79 Å². The van der Waals surface area contributed by atoms with Crippen LogP contribution in [0.3, 0.4) is 0 Å². The lowest BCUT2D eigenvalue weighted by atomic mass is 10.0. The van der Waals surface area contributed by atoms with Gasteiger partial charge in [0.1, 0.15) is 11.3 Å². The molecule has 0 saturated carbocycles. The summed E-state index contributed by atoms with van der Waals surface area (Å²) in [5.74, 6) is 0.332. The van der Waals surface area contributed by atoms with Crippen molar-refractivity contribution in [2.24, 2.45) is 5.73 Å². The summed E-state index contributed by atoms with van der Waals surface area (Å²) in [5, 5.41) is 1.18. The maximum absolute atomic E-state index is 12.9. The summed E-state index contributed by atoms with van der Waals surface area (Å²) >= 11 is 0. The quantitative estimate of drug-likeness (QED) is 0.712. The molecule has 152 valence electrons. The van der Waals surface area contributed by atoms with E-state index in [4.69, 9.17) is 10.2 Å². The van der Waals surface area contributed by atoms with Crippen LogP contribution >= 0.6 is 0 Å². The minimum Gasteiger partial charge on any atom is -0.427 e. The molecule has 1 aliphatic heterocycles. The fourth-order valence-electron chi connectivity index (χ4n) is 4.17. The van der Waals surface area contributed by atoms with Crippen LogP contribution in [0.4, 0.5) is 0 Å². The van der Waals surface area contributed by atoms with Crippen LogP contribution in [-0.4, -0.2) is 34.9 Å². The summed E-state index contributed by atoms with van der Waals surface area (Å²) in [7, 11) is 0. The molecule has 1 fully saturated rings. The maximum atomic E-state index is 12.9. The Balaban J connectivity index is 1.52. The Bertz CT molecular complexity index is 1080. The van der Waals surface area contributed by atoms with Crippen molar-refractivity contribution in [2.75, 3.05) is 13.1 Å². The number of hydrogen-bond acceptors (Lipinski definition) is 4. The van der Waals surface area contributed by atoms with Crippen molar-refractivity contribution in [3.8, 4) is 0 Å². The van der Waals surface area contributed by atoms with Crippen LogP contribution < -0.4 is 11.4 Å². The van der Waals surface area contributed by atoms with E-state index in [1.807, 2.05) is 30.5 Å². The molecule has 1 unspecified atom stereocenters. The van der Waals surface area contributed by atoms with E-state index < -0.39 is 5.63 Å². The highest BCUT2D eigenvalue weighted by Crippen LogP contribution is 2.20. The van der Waals surface area contributed by atoms with Crippen molar-refractivity contribution < 1.29 is 9.21 Å². The molecular formula is C23H27N3O3. The van der Waals surface area contributed by atoms with Gasteiger partial charge in [0.15, 0.2) is 0 Å². The number of H-pyrrole nitrogens is 1. The number of benzene rings is 1. The predicted molar refractivity (Wildman–Crippen MR) is 113 cm³/mol. The first-order valence-corrected chi connectivity index (χ1v) is 10.3. The Morgan fingerprint density at radius 3 is 2.93 bits per heavy atom. The van der Waals surface area contributed by atoms with E-state index in [2.05, 4.69) is 11.1 Å². The number of nitrogens with zero attached hydrogens (tertiary/aromatic N) is 1. The van der Waals surface area contributed by atoms with E-state index in [0.717, 1.165) is 31.2 Å². The van der Waals surface area contributed by atoms with Crippen LogP contribution in [0.5, 0.6) is 0 Å². The largest absolute Gasteiger partial charge is 0.427 e. The predicted octanol–water partition coefficient (Wildman–Crippen LogP) is 3.17. The number of fused-ring (bicyclic) bond motifs is 1. The summed E-state index contributed by atoms with van der Waals surface area (Å²) in [6.45, 7) is 2.92. The third-order valence-corrected chi connectivity index (χ3v) is 5.72. The Morgan fingerprint density at radius 1 is 1.28 bits per heavy atom. The minimum absolute atomic E-state index is 0.0377. The molecule has 3 aromatic rings. The number of aromatic amines is 1. The second-order valence-electron chi connectivity index (χ2n) is 7.92. The van der Waals surface area contributed by atoms with Crippen LogP contribution in [0.25, 0.3) is 10.9 Å². The lowest BCUT2D eigenvalue weighted by molar-refractivity contribution is 0.0749. The zero-order valence-electron chi connectivity index (χ0n) is 16.7. The number of nitrogens with two attached hydrogens (primary N) is 1.